The lowest BCUT2D eigenvalue weighted by atomic mass is 10.2. The molecule has 3 nitrogen and oxygen atoms in total. The SMILES string of the molecule is CN(C)c1ccncc1NC1CCCC1. The second-order valence-corrected chi connectivity index (χ2v) is 4.41. The van der Waals surface area contributed by atoms with Gasteiger partial charge in [0.05, 0.1) is 17.6 Å². The van der Waals surface area contributed by atoms with Crippen molar-refractivity contribution in [3.8, 4) is 0 Å². The van der Waals surface area contributed by atoms with Crippen LogP contribution < -0.4 is 10.2 Å². The Labute approximate surface area is 91.5 Å². The van der Waals surface area contributed by atoms with E-state index in [-0.39, 0.29) is 0 Å². The molecule has 2 rings (SSSR count). The molecule has 82 valence electrons. The molecular formula is C12H19N3. The highest BCUT2D eigenvalue weighted by Gasteiger charge is 2.16. The summed E-state index contributed by atoms with van der Waals surface area (Å²) in [6, 6.07) is 2.70. The van der Waals surface area contributed by atoms with Crippen LogP contribution in [0.5, 0.6) is 0 Å². The van der Waals surface area contributed by atoms with Crippen molar-refractivity contribution in [3.05, 3.63) is 18.5 Å². The zero-order valence-electron chi connectivity index (χ0n) is 9.53. The van der Waals surface area contributed by atoms with Crippen molar-refractivity contribution in [3.63, 3.8) is 0 Å². The second-order valence-electron chi connectivity index (χ2n) is 4.41. The highest BCUT2D eigenvalue weighted by molar-refractivity contribution is 5.68. The number of aromatic nitrogens is 1. The summed E-state index contributed by atoms with van der Waals surface area (Å²) >= 11 is 0. The minimum absolute atomic E-state index is 0.646. The van der Waals surface area contributed by atoms with Gasteiger partial charge < -0.3 is 10.2 Å². The largest absolute Gasteiger partial charge is 0.379 e. The van der Waals surface area contributed by atoms with Crippen LogP contribution in [-0.2, 0) is 0 Å². The van der Waals surface area contributed by atoms with E-state index in [0.29, 0.717) is 6.04 Å². The van der Waals surface area contributed by atoms with Gasteiger partial charge in [-0.2, -0.15) is 0 Å². The monoisotopic (exact) mass is 205 g/mol. The Morgan fingerprint density at radius 1 is 1.33 bits per heavy atom. The lowest BCUT2D eigenvalue weighted by Gasteiger charge is -2.20. The molecule has 0 aromatic carbocycles. The van der Waals surface area contributed by atoms with Gasteiger partial charge >= 0.3 is 0 Å². The van der Waals surface area contributed by atoms with E-state index < -0.39 is 0 Å². The van der Waals surface area contributed by atoms with Crippen LogP contribution in [-0.4, -0.2) is 25.1 Å². The number of hydrogen-bond donors (Lipinski definition) is 1. The summed E-state index contributed by atoms with van der Waals surface area (Å²) in [5, 5.41) is 3.59. The van der Waals surface area contributed by atoms with E-state index in [1.54, 1.807) is 0 Å². The van der Waals surface area contributed by atoms with Gasteiger partial charge in [-0.1, -0.05) is 12.8 Å². The third-order valence-corrected chi connectivity index (χ3v) is 2.99. The Morgan fingerprint density at radius 3 is 2.73 bits per heavy atom. The maximum atomic E-state index is 4.18. The topological polar surface area (TPSA) is 28.2 Å². The van der Waals surface area contributed by atoms with E-state index in [9.17, 15) is 0 Å². The molecule has 0 amide bonds. The zero-order valence-corrected chi connectivity index (χ0v) is 9.53. The second kappa shape index (κ2) is 4.51. The molecule has 1 fully saturated rings. The number of hydrogen-bond acceptors (Lipinski definition) is 3. The smallest absolute Gasteiger partial charge is 0.0766 e. The van der Waals surface area contributed by atoms with E-state index in [1.807, 2.05) is 12.4 Å². The normalized spacial score (nSPS) is 16.7. The van der Waals surface area contributed by atoms with Crippen molar-refractivity contribution < 1.29 is 0 Å². The molecule has 0 bridgehead atoms. The van der Waals surface area contributed by atoms with Crippen LogP contribution in [0.2, 0.25) is 0 Å². The van der Waals surface area contributed by atoms with E-state index in [2.05, 4.69) is 35.4 Å². The van der Waals surface area contributed by atoms with E-state index >= 15 is 0 Å². The highest BCUT2D eigenvalue weighted by atomic mass is 15.1. The van der Waals surface area contributed by atoms with Gasteiger partial charge in [-0.3, -0.25) is 4.98 Å². The summed E-state index contributed by atoms with van der Waals surface area (Å²) in [6.45, 7) is 0. The standard InChI is InChI=1S/C12H19N3/c1-15(2)12-7-8-13-9-11(12)14-10-5-3-4-6-10/h7-10,14H,3-6H2,1-2H3. The first kappa shape index (κ1) is 10.3. The van der Waals surface area contributed by atoms with Crippen molar-refractivity contribution in [2.45, 2.75) is 31.7 Å². The fourth-order valence-corrected chi connectivity index (χ4v) is 2.18. The molecule has 1 N–H and O–H groups in total. The van der Waals surface area contributed by atoms with Crippen molar-refractivity contribution in [1.29, 1.82) is 0 Å². The summed E-state index contributed by atoms with van der Waals surface area (Å²) in [7, 11) is 4.13. The van der Waals surface area contributed by atoms with E-state index in [0.717, 1.165) is 5.69 Å². The summed E-state index contributed by atoms with van der Waals surface area (Å²) in [5.74, 6) is 0. The first-order chi connectivity index (χ1) is 7.27. The lowest BCUT2D eigenvalue weighted by Crippen LogP contribution is -2.18. The fraction of sp³-hybridized carbons (Fsp3) is 0.583. The van der Waals surface area contributed by atoms with Crippen LogP contribution in [0.15, 0.2) is 18.5 Å². The van der Waals surface area contributed by atoms with E-state index in [1.165, 1.54) is 31.4 Å². The van der Waals surface area contributed by atoms with Crippen LogP contribution in [0.25, 0.3) is 0 Å². The summed E-state index contributed by atoms with van der Waals surface area (Å²) < 4.78 is 0. The summed E-state index contributed by atoms with van der Waals surface area (Å²) in [4.78, 5) is 6.30. The van der Waals surface area contributed by atoms with E-state index in [4.69, 9.17) is 0 Å². The zero-order chi connectivity index (χ0) is 10.7. The maximum absolute atomic E-state index is 4.18. The first-order valence-electron chi connectivity index (χ1n) is 5.65. The van der Waals surface area contributed by atoms with Crippen molar-refractivity contribution >= 4 is 11.4 Å². The average molecular weight is 205 g/mol. The number of nitrogens with zero attached hydrogens (tertiary/aromatic N) is 2. The Bertz CT molecular complexity index is 316. The third-order valence-electron chi connectivity index (χ3n) is 2.99. The molecule has 1 aromatic heterocycles. The van der Waals surface area contributed by atoms with Crippen molar-refractivity contribution in [2.24, 2.45) is 0 Å². The van der Waals surface area contributed by atoms with Crippen LogP contribution in [0, 0.1) is 0 Å². The van der Waals surface area contributed by atoms with Gasteiger partial charge in [0, 0.05) is 26.3 Å². The van der Waals surface area contributed by atoms with Gasteiger partial charge in [-0.25, -0.2) is 0 Å². The van der Waals surface area contributed by atoms with Crippen LogP contribution in [0.4, 0.5) is 11.4 Å². The highest BCUT2D eigenvalue weighted by Crippen LogP contribution is 2.27. The van der Waals surface area contributed by atoms with Crippen LogP contribution in [0.3, 0.4) is 0 Å². The van der Waals surface area contributed by atoms with Crippen LogP contribution >= 0.6 is 0 Å². The molecule has 0 saturated heterocycles. The molecule has 1 saturated carbocycles. The number of anilines is 2. The van der Waals surface area contributed by atoms with Crippen molar-refractivity contribution in [2.75, 3.05) is 24.3 Å². The Kier molecular flexibility index (Phi) is 3.09. The molecular weight excluding hydrogens is 186 g/mol. The molecule has 3 heteroatoms. The fourth-order valence-electron chi connectivity index (χ4n) is 2.18. The molecule has 0 spiro atoms. The van der Waals surface area contributed by atoms with Gasteiger partial charge in [0.15, 0.2) is 0 Å². The molecule has 0 atom stereocenters. The number of pyridine rings is 1. The maximum Gasteiger partial charge on any atom is 0.0766 e. The van der Waals surface area contributed by atoms with Crippen molar-refractivity contribution in [1.82, 2.24) is 4.98 Å². The molecule has 1 aromatic rings. The van der Waals surface area contributed by atoms with Crippen LogP contribution in [0.1, 0.15) is 25.7 Å². The minimum atomic E-state index is 0.646. The third kappa shape index (κ3) is 2.41. The molecule has 1 heterocycles. The Morgan fingerprint density at radius 2 is 2.07 bits per heavy atom. The molecule has 0 unspecified atom stereocenters. The Balaban J connectivity index is 2.12. The van der Waals surface area contributed by atoms with Gasteiger partial charge in [-0.05, 0) is 18.9 Å². The number of nitrogens with one attached hydrogen (secondary N) is 1. The predicted molar refractivity (Wildman–Crippen MR) is 64.4 cm³/mol. The summed E-state index contributed by atoms with van der Waals surface area (Å²) in [6.07, 6.45) is 9.07. The average Bonchev–Trinajstić information content (AvgIpc) is 2.71. The number of rotatable bonds is 3. The summed E-state index contributed by atoms with van der Waals surface area (Å²) in [5.41, 5.74) is 2.38. The van der Waals surface area contributed by atoms with Gasteiger partial charge in [0.25, 0.3) is 0 Å². The molecule has 15 heavy (non-hydrogen) atoms. The van der Waals surface area contributed by atoms with Gasteiger partial charge in [0.2, 0.25) is 0 Å². The molecule has 0 radical (unpaired) electrons. The molecule has 1 aliphatic rings. The quantitative estimate of drug-likeness (QED) is 0.821. The molecule has 0 aliphatic heterocycles. The Hall–Kier alpha value is -1.25. The van der Waals surface area contributed by atoms with Gasteiger partial charge in [-0.15, -0.1) is 0 Å². The predicted octanol–water partition coefficient (Wildman–Crippen LogP) is 2.50. The first-order valence-corrected chi connectivity index (χ1v) is 5.65. The van der Waals surface area contributed by atoms with Gasteiger partial charge in [0.1, 0.15) is 0 Å². The minimum Gasteiger partial charge on any atom is -0.379 e. The lowest BCUT2D eigenvalue weighted by molar-refractivity contribution is 0.754. The molecule has 1 aliphatic carbocycles.